The molecule has 1 unspecified atom stereocenters. The Bertz CT molecular complexity index is 563. The smallest absolute Gasteiger partial charge is 0.243 e. The molecule has 20 heavy (non-hydrogen) atoms. The highest BCUT2D eigenvalue weighted by molar-refractivity contribution is 5.33. The summed E-state index contributed by atoms with van der Waals surface area (Å²) < 4.78 is 0. The predicted octanol–water partition coefficient (Wildman–Crippen LogP) is 3.48. The highest BCUT2D eigenvalue weighted by Crippen LogP contribution is 2.17. The van der Waals surface area contributed by atoms with Gasteiger partial charge in [-0.15, -0.1) is 5.10 Å². The van der Waals surface area contributed by atoms with Crippen LogP contribution in [0, 0.1) is 6.92 Å². The summed E-state index contributed by atoms with van der Waals surface area (Å²) in [5.41, 5.74) is 4.50. The summed E-state index contributed by atoms with van der Waals surface area (Å²) in [5.74, 6) is 0.604. The second-order valence-corrected chi connectivity index (χ2v) is 5.01. The fraction of sp³-hybridized carbons (Fsp3) is 0.438. The van der Waals surface area contributed by atoms with Gasteiger partial charge in [-0.1, -0.05) is 43.7 Å². The van der Waals surface area contributed by atoms with Gasteiger partial charge < -0.3 is 5.32 Å². The van der Waals surface area contributed by atoms with Crippen molar-refractivity contribution in [2.24, 2.45) is 0 Å². The van der Waals surface area contributed by atoms with Crippen LogP contribution in [0.5, 0.6) is 0 Å². The number of hydrogen-bond donors (Lipinski definition) is 1. The summed E-state index contributed by atoms with van der Waals surface area (Å²) in [6.45, 7) is 8.36. The summed E-state index contributed by atoms with van der Waals surface area (Å²) in [6, 6.07) is 8.65. The standard InChI is InChI=1S/C16H22N4/c1-5-14-15(6-2)19-20-16(18-14)17-12(4)13-9-7-11(3)8-10-13/h7-10,12H,5-6H2,1-4H3,(H,17,18,20). The van der Waals surface area contributed by atoms with Crippen LogP contribution in [0.1, 0.15) is 49.3 Å². The molecule has 0 radical (unpaired) electrons. The van der Waals surface area contributed by atoms with E-state index < -0.39 is 0 Å². The van der Waals surface area contributed by atoms with Crippen molar-refractivity contribution >= 4 is 5.95 Å². The van der Waals surface area contributed by atoms with E-state index in [1.165, 1.54) is 11.1 Å². The maximum absolute atomic E-state index is 4.56. The minimum absolute atomic E-state index is 0.162. The van der Waals surface area contributed by atoms with Crippen molar-refractivity contribution in [2.75, 3.05) is 5.32 Å². The van der Waals surface area contributed by atoms with Crippen LogP contribution in [0.3, 0.4) is 0 Å². The topological polar surface area (TPSA) is 50.7 Å². The van der Waals surface area contributed by atoms with Crippen molar-refractivity contribution in [1.29, 1.82) is 0 Å². The van der Waals surface area contributed by atoms with Gasteiger partial charge in [0.1, 0.15) is 0 Å². The minimum Gasteiger partial charge on any atom is -0.346 e. The third kappa shape index (κ3) is 3.32. The predicted molar refractivity (Wildman–Crippen MR) is 81.8 cm³/mol. The molecule has 0 fully saturated rings. The Labute approximate surface area is 120 Å². The molecule has 1 atom stereocenters. The van der Waals surface area contributed by atoms with Crippen molar-refractivity contribution in [3.05, 3.63) is 46.8 Å². The molecule has 1 aromatic heterocycles. The van der Waals surface area contributed by atoms with E-state index in [4.69, 9.17) is 0 Å². The lowest BCUT2D eigenvalue weighted by Crippen LogP contribution is -2.12. The van der Waals surface area contributed by atoms with Gasteiger partial charge in [0.15, 0.2) is 0 Å². The number of hydrogen-bond acceptors (Lipinski definition) is 4. The summed E-state index contributed by atoms with van der Waals surface area (Å²) in [6.07, 6.45) is 1.75. The molecule has 2 aromatic rings. The van der Waals surface area contributed by atoms with E-state index in [0.717, 1.165) is 24.2 Å². The van der Waals surface area contributed by atoms with Crippen molar-refractivity contribution in [3.63, 3.8) is 0 Å². The van der Waals surface area contributed by atoms with Gasteiger partial charge in [0.05, 0.1) is 17.4 Å². The van der Waals surface area contributed by atoms with Gasteiger partial charge in [-0.2, -0.15) is 5.10 Å². The average Bonchev–Trinajstić information content (AvgIpc) is 2.47. The van der Waals surface area contributed by atoms with Crippen molar-refractivity contribution < 1.29 is 0 Å². The number of aryl methyl sites for hydroxylation is 3. The molecule has 2 rings (SSSR count). The van der Waals surface area contributed by atoms with Crippen LogP contribution in [-0.4, -0.2) is 15.2 Å². The fourth-order valence-corrected chi connectivity index (χ4v) is 2.13. The molecule has 4 heteroatoms. The molecule has 0 aliphatic heterocycles. The van der Waals surface area contributed by atoms with Crippen molar-refractivity contribution in [2.45, 2.75) is 46.6 Å². The zero-order chi connectivity index (χ0) is 14.5. The molecule has 0 aliphatic rings. The third-order valence-corrected chi connectivity index (χ3v) is 3.43. The van der Waals surface area contributed by atoms with Crippen LogP contribution in [0.25, 0.3) is 0 Å². The minimum atomic E-state index is 0.162. The number of rotatable bonds is 5. The largest absolute Gasteiger partial charge is 0.346 e. The molecule has 0 bridgehead atoms. The van der Waals surface area contributed by atoms with Gasteiger partial charge in [-0.25, -0.2) is 4.98 Å². The molecule has 0 spiro atoms. The average molecular weight is 270 g/mol. The normalized spacial score (nSPS) is 12.2. The first-order chi connectivity index (χ1) is 9.63. The molecule has 0 saturated carbocycles. The van der Waals surface area contributed by atoms with Crippen LogP contribution in [0.2, 0.25) is 0 Å². The lowest BCUT2D eigenvalue weighted by Gasteiger charge is -2.15. The highest BCUT2D eigenvalue weighted by Gasteiger charge is 2.10. The Morgan fingerprint density at radius 1 is 1.00 bits per heavy atom. The van der Waals surface area contributed by atoms with Crippen LogP contribution >= 0.6 is 0 Å². The third-order valence-electron chi connectivity index (χ3n) is 3.43. The molecule has 1 heterocycles. The monoisotopic (exact) mass is 270 g/mol. The van der Waals surface area contributed by atoms with E-state index >= 15 is 0 Å². The second-order valence-electron chi connectivity index (χ2n) is 5.01. The quantitative estimate of drug-likeness (QED) is 0.903. The first-order valence-corrected chi connectivity index (χ1v) is 7.19. The summed E-state index contributed by atoms with van der Waals surface area (Å²) in [5, 5.41) is 11.7. The van der Waals surface area contributed by atoms with Gasteiger partial charge in [-0.05, 0) is 32.3 Å². The lowest BCUT2D eigenvalue weighted by atomic mass is 10.1. The molecule has 0 saturated heterocycles. The Morgan fingerprint density at radius 3 is 2.25 bits per heavy atom. The molecular weight excluding hydrogens is 248 g/mol. The van der Waals surface area contributed by atoms with Crippen molar-refractivity contribution in [3.8, 4) is 0 Å². The molecule has 1 aromatic carbocycles. The van der Waals surface area contributed by atoms with Crippen LogP contribution in [-0.2, 0) is 12.8 Å². The highest BCUT2D eigenvalue weighted by atomic mass is 15.2. The molecular formula is C16H22N4. The van der Waals surface area contributed by atoms with Crippen LogP contribution in [0.4, 0.5) is 5.95 Å². The Morgan fingerprint density at radius 2 is 1.65 bits per heavy atom. The SMILES string of the molecule is CCc1nnc(NC(C)c2ccc(C)cc2)nc1CC. The zero-order valence-corrected chi connectivity index (χ0v) is 12.6. The van der Waals surface area contributed by atoms with E-state index in [9.17, 15) is 0 Å². The molecule has 0 aliphatic carbocycles. The molecule has 0 amide bonds. The summed E-state index contributed by atoms with van der Waals surface area (Å²) in [4.78, 5) is 4.56. The Hall–Kier alpha value is -1.97. The number of nitrogens with one attached hydrogen (secondary N) is 1. The van der Waals surface area contributed by atoms with Gasteiger partial charge >= 0.3 is 0 Å². The molecule has 4 nitrogen and oxygen atoms in total. The van der Waals surface area contributed by atoms with Crippen molar-refractivity contribution in [1.82, 2.24) is 15.2 Å². The maximum atomic E-state index is 4.56. The first kappa shape index (κ1) is 14.4. The van der Waals surface area contributed by atoms with E-state index in [1.54, 1.807) is 0 Å². The number of aromatic nitrogens is 3. The molecule has 106 valence electrons. The van der Waals surface area contributed by atoms with E-state index in [2.05, 4.69) is 72.5 Å². The second kappa shape index (κ2) is 6.46. The van der Waals surface area contributed by atoms with Gasteiger partial charge in [0.2, 0.25) is 5.95 Å². The van der Waals surface area contributed by atoms with Gasteiger partial charge in [0.25, 0.3) is 0 Å². The Balaban J connectivity index is 2.15. The lowest BCUT2D eigenvalue weighted by molar-refractivity contribution is 0.790. The summed E-state index contributed by atoms with van der Waals surface area (Å²) >= 11 is 0. The van der Waals surface area contributed by atoms with Gasteiger partial charge in [0, 0.05) is 0 Å². The van der Waals surface area contributed by atoms with E-state index in [-0.39, 0.29) is 6.04 Å². The van der Waals surface area contributed by atoms with Gasteiger partial charge in [-0.3, -0.25) is 0 Å². The number of nitrogens with zero attached hydrogens (tertiary/aromatic N) is 3. The first-order valence-electron chi connectivity index (χ1n) is 7.19. The van der Waals surface area contributed by atoms with Crippen LogP contribution in [0.15, 0.2) is 24.3 Å². The zero-order valence-electron chi connectivity index (χ0n) is 12.6. The fourth-order valence-electron chi connectivity index (χ4n) is 2.13. The number of benzene rings is 1. The van der Waals surface area contributed by atoms with E-state index in [1.807, 2.05) is 0 Å². The van der Waals surface area contributed by atoms with E-state index in [0.29, 0.717) is 5.95 Å². The van der Waals surface area contributed by atoms with Crippen LogP contribution < -0.4 is 5.32 Å². The number of anilines is 1. The maximum Gasteiger partial charge on any atom is 0.243 e. The Kier molecular flexibility index (Phi) is 4.66. The molecule has 1 N–H and O–H groups in total. The summed E-state index contributed by atoms with van der Waals surface area (Å²) in [7, 11) is 0.